The molecule has 1 aromatic heterocycles. The molecule has 4 rings (SSSR count). The van der Waals surface area contributed by atoms with Crippen LogP contribution in [0.1, 0.15) is 47.4 Å². The lowest BCUT2D eigenvalue weighted by Gasteiger charge is -2.36. The largest absolute Gasteiger partial charge is 0.379 e. The summed E-state index contributed by atoms with van der Waals surface area (Å²) in [6, 6.07) is 8.73. The minimum atomic E-state index is 0.00446. The second-order valence-corrected chi connectivity index (χ2v) is 9.26. The van der Waals surface area contributed by atoms with Gasteiger partial charge in [-0.05, 0) is 48.9 Å². The van der Waals surface area contributed by atoms with Crippen molar-refractivity contribution in [3.63, 3.8) is 0 Å². The number of fused-ring (bicyclic) bond motifs is 1. The van der Waals surface area contributed by atoms with E-state index in [9.17, 15) is 4.79 Å². The molecule has 4 nitrogen and oxygen atoms in total. The van der Waals surface area contributed by atoms with Crippen LogP contribution >= 0.6 is 27.3 Å². The van der Waals surface area contributed by atoms with E-state index in [1.54, 1.807) is 18.3 Å². The van der Waals surface area contributed by atoms with Crippen LogP contribution in [0.25, 0.3) is 0 Å². The molecule has 1 N–H and O–H groups in total. The molecule has 1 saturated heterocycles. The lowest BCUT2D eigenvalue weighted by Crippen LogP contribution is -2.40. The minimum Gasteiger partial charge on any atom is -0.379 e. The number of hydrogen-bond donors (Lipinski definition) is 1. The number of aryl methyl sites for hydroxylation is 1. The van der Waals surface area contributed by atoms with Gasteiger partial charge in [0.1, 0.15) is 5.00 Å². The van der Waals surface area contributed by atoms with Gasteiger partial charge in [0.15, 0.2) is 0 Å². The van der Waals surface area contributed by atoms with Crippen molar-refractivity contribution in [1.82, 2.24) is 4.90 Å². The number of amides is 1. The second kappa shape index (κ2) is 8.43. The Morgan fingerprint density at radius 3 is 2.78 bits per heavy atom. The molecule has 0 radical (unpaired) electrons. The van der Waals surface area contributed by atoms with Crippen LogP contribution in [-0.2, 0) is 22.4 Å². The molecular weight excluding hydrogens is 424 g/mol. The average Bonchev–Trinajstić information content (AvgIpc) is 3.00. The predicted molar refractivity (Wildman–Crippen MR) is 114 cm³/mol. The van der Waals surface area contributed by atoms with E-state index in [2.05, 4.69) is 50.4 Å². The van der Waals surface area contributed by atoms with E-state index in [1.165, 1.54) is 34.4 Å². The Kier molecular flexibility index (Phi) is 5.97. The first-order valence-electron chi connectivity index (χ1n) is 9.63. The van der Waals surface area contributed by atoms with Crippen molar-refractivity contribution >= 4 is 38.2 Å². The Labute approximate surface area is 173 Å². The Morgan fingerprint density at radius 1 is 1.26 bits per heavy atom. The molecule has 2 aliphatic rings. The van der Waals surface area contributed by atoms with E-state index in [4.69, 9.17) is 4.74 Å². The fraction of sp³-hybridized carbons (Fsp3) is 0.476. The first-order valence-corrected chi connectivity index (χ1v) is 11.2. The van der Waals surface area contributed by atoms with E-state index in [0.29, 0.717) is 0 Å². The topological polar surface area (TPSA) is 41.6 Å². The van der Waals surface area contributed by atoms with Crippen molar-refractivity contribution in [2.75, 3.05) is 31.6 Å². The molecule has 1 aromatic carbocycles. The summed E-state index contributed by atoms with van der Waals surface area (Å²) in [6.07, 6.45) is 4.70. The third-order valence-corrected chi connectivity index (χ3v) is 7.07. The SMILES string of the molecule is CC(=O)Nc1sc2c(c1[C@H](c1cccc(Br)c1)N1CCOCC1)CCCC2. The number of morpholine rings is 1. The highest BCUT2D eigenvalue weighted by atomic mass is 79.9. The molecule has 1 amide bonds. The lowest BCUT2D eigenvalue weighted by molar-refractivity contribution is -0.114. The van der Waals surface area contributed by atoms with Crippen molar-refractivity contribution in [3.8, 4) is 0 Å². The summed E-state index contributed by atoms with van der Waals surface area (Å²) in [5.74, 6) is 0.00446. The summed E-state index contributed by atoms with van der Waals surface area (Å²) in [5.41, 5.74) is 4.04. The van der Waals surface area contributed by atoms with E-state index >= 15 is 0 Å². The summed E-state index contributed by atoms with van der Waals surface area (Å²) < 4.78 is 6.70. The summed E-state index contributed by atoms with van der Waals surface area (Å²) in [5, 5.41) is 4.18. The number of carbonyl (C=O) groups excluding carboxylic acids is 1. The zero-order chi connectivity index (χ0) is 18.8. The number of anilines is 1. The van der Waals surface area contributed by atoms with Crippen LogP contribution in [0.4, 0.5) is 5.00 Å². The summed E-state index contributed by atoms with van der Waals surface area (Å²) in [6.45, 7) is 4.92. The number of ether oxygens (including phenoxy) is 1. The monoisotopic (exact) mass is 448 g/mol. The standard InChI is InChI=1S/C21H25BrN2O2S/c1-14(25)23-21-19(17-7-2-3-8-18(17)27-21)20(24-9-11-26-12-10-24)15-5-4-6-16(22)13-15/h4-6,13,20H,2-3,7-12H2,1H3,(H,23,25)/t20-/m0/s1. The normalized spacial score (nSPS) is 18.7. The van der Waals surface area contributed by atoms with Crippen LogP contribution < -0.4 is 5.32 Å². The number of carbonyl (C=O) groups is 1. The number of hydrogen-bond acceptors (Lipinski definition) is 4. The molecule has 1 aliphatic carbocycles. The number of thiophene rings is 1. The van der Waals surface area contributed by atoms with Crippen molar-refractivity contribution in [2.24, 2.45) is 0 Å². The van der Waals surface area contributed by atoms with E-state index in [-0.39, 0.29) is 11.9 Å². The second-order valence-electron chi connectivity index (χ2n) is 7.24. The fourth-order valence-electron chi connectivity index (χ4n) is 4.20. The van der Waals surface area contributed by atoms with Crippen molar-refractivity contribution in [3.05, 3.63) is 50.3 Å². The highest BCUT2D eigenvalue weighted by molar-refractivity contribution is 9.10. The molecule has 0 unspecified atom stereocenters. The van der Waals surface area contributed by atoms with Crippen molar-refractivity contribution in [2.45, 2.75) is 38.6 Å². The number of benzene rings is 1. The van der Waals surface area contributed by atoms with E-state index in [0.717, 1.165) is 48.6 Å². The Balaban J connectivity index is 1.86. The Morgan fingerprint density at radius 2 is 2.04 bits per heavy atom. The Bertz CT molecular complexity index is 830. The number of halogens is 1. The molecule has 1 aliphatic heterocycles. The maximum absolute atomic E-state index is 11.9. The highest BCUT2D eigenvalue weighted by Gasteiger charge is 2.32. The molecular formula is C21H25BrN2O2S. The number of rotatable bonds is 4. The molecule has 27 heavy (non-hydrogen) atoms. The molecule has 0 bridgehead atoms. The van der Waals surface area contributed by atoms with Gasteiger partial charge in [-0.15, -0.1) is 11.3 Å². The zero-order valence-electron chi connectivity index (χ0n) is 15.6. The lowest BCUT2D eigenvalue weighted by atomic mass is 9.88. The van der Waals surface area contributed by atoms with Gasteiger partial charge in [-0.2, -0.15) is 0 Å². The highest BCUT2D eigenvalue weighted by Crippen LogP contribution is 2.45. The third-order valence-electron chi connectivity index (χ3n) is 5.35. The van der Waals surface area contributed by atoms with E-state index in [1.807, 2.05) is 0 Å². The fourth-order valence-corrected chi connectivity index (χ4v) is 5.99. The quantitative estimate of drug-likeness (QED) is 0.731. The van der Waals surface area contributed by atoms with Crippen molar-refractivity contribution < 1.29 is 9.53 Å². The molecule has 2 heterocycles. The maximum Gasteiger partial charge on any atom is 0.221 e. The van der Waals surface area contributed by atoms with E-state index < -0.39 is 0 Å². The summed E-state index contributed by atoms with van der Waals surface area (Å²) in [4.78, 5) is 15.9. The number of nitrogens with zero attached hydrogens (tertiary/aromatic N) is 1. The zero-order valence-corrected chi connectivity index (χ0v) is 18.0. The number of nitrogens with one attached hydrogen (secondary N) is 1. The van der Waals surface area contributed by atoms with Crippen LogP contribution in [0.3, 0.4) is 0 Å². The minimum absolute atomic E-state index is 0.00446. The summed E-state index contributed by atoms with van der Waals surface area (Å²) in [7, 11) is 0. The Hall–Kier alpha value is -1.21. The molecule has 0 saturated carbocycles. The van der Waals surface area contributed by atoms with Crippen LogP contribution in [0, 0.1) is 0 Å². The molecule has 144 valence electrons. The molecule has 6 heteroatoms. The van der Waals surface area contributed by atoms with Gasteiger partial charge < -0.3 is 10.1 Å². The molecule has 2 aromatic rings. The van der Waals surface area contributed by atoms with Gasteiger partial charge in [-0.3, -0.25) is 9.69 Å². The van der Waals surface area contributed by atoms with Crippen LogP contribution in [-0.4, -0.2) is 37.1 Å². The molecule has 0 spiro atoms. The van der Waals surface area contributed by atoms with Gasteiger partial charge in [0.05, 0.1) is 19.3 Å². The summed E-state index contributed by atoms with van der Waals surface area (Å²) >= 11 is 5.42. The molecule has 1 fully saturated rings. The third kappa shape index (κ3) is 4.14. The maximum atomic E-state index is 11.9. The van der Waals surface area contributed by atoms with Gasteiger partial charge in [-0.1, -0.05) is 28.1 Å². The van der Waals surface area contributed by atoms with Gasteiger partial charge in [-0.25, -0.2) is 0 Å². The molecule has 1 atom stereocenters. The smallest absolute Gasteiger partial charge is 0.221 e. The van der Waals surface area contributed by atoms with Gasteiger partial charge >= 0.3 is 0 Å². The first-order chi connectivity index (χ1) is 13.1. The van der Waals surface area contributed by atoms with Crippen LogP contribution in [0.2, 0.25) is 0 Å². The van der Waals surface area contributed by atoms with Gasteiger partial charge in [0.25, 0.3) is 0 Å². The van der Waals surface area contributed by atoms with Gasteiger partial charge in [0, 0.05) is 34.9 Å². The average molecular weight is 449 g/mol. The van der Waals surface area contributed by atoms with Gasteiger partial charge in [0.2, 0.25) is 5.91 Å². The predicted octanol–water partition coefficient (Wildman–Crippen LogP) is 4.77. The van der Waals surface area contributed by atoms with Crippen LogP contribution in [0.5, 0.6) is 0 Å². The van der Waals surface area contributed by atoms with Crippen LogP contribution in [0.15, 0.2) is 28.7 Å². The first kappa shape index (κ1) is 19.1. The van der Waals surface area contributed by atoms with Crippen molar-refractivity contribution in [1.29, 1.82) is 0 Å².